The summed E-state index contributed by atoms with van der Waals surface area (Å²) in [7, 11) is 0. The minimum atomic E-state index is -2.31. The SMILES string of the molecule is [2H]C([2H])([2H])[n+]1cn(-c2cccc(Oc3ccc4c(c3)N(c3cc(C(C)(C)C)ccn3)Cc3cc(-c5ccccc5)ccc3-4)c2)c2ccccc21. The zero-order valence-corrected chi connectivity index (χ0v) is 26.7. The molecule has 5 aromatic carbocycles. The molecule has 0 unspecified atom stereocenters. The molecule has 0 saturated heterocycles. The third-order valence-corrected chi connectivity index (χ3v) is 8.94. The number of ether oxygens (including phenoxy) is 1. The van der Waals surface area contributed by atoms with Crippen molar-refractivity contribution in [2.75, 3.05) is 4.90 Å². The Hall–Kier alpha value is -5.68. The fourth-order valence-corrected chi connectivity index (χ4v) is 6.47. The molecule has 0 radical (unpaired) electrons. The van der Waals surface area contributed by atoms with Crippen molar-refractivity contribution in [2.24, 2.45) is 6.98 Å². The fraction of sp³-hybridized carbons (Fsp3) is 0.143. The van der Waals surface area contributed by atoms with Crippen LogP contribution in [0.3, 0.4) is 0 Å². The molecule has 0 N–H and O–H groups in total. The van der Waals surface area contributed by atoms with Crippen molar-refractivity contribution in [1.29, 1.82) is 0 Å². The Morgan fingerprint density at radius 3 is 2.40 bits per heavy atom. The molecular formula is C42H37N4O+. The van der Waals surface area contributed by atoms with Crippen LogP contribution in [0.15, 0.2) is 140 Å². The number of aromatic nitrogens is 3. The lowest BCUT2D eigenvalue weighted by molar-refractivity contribution is -0.645. The molecule has 7 aromatic rings. The molecule has 5 heteroatoms. The molecule has 0 spiro atoms. The predicted octanol–water partition coefficient (Wildman–Crippen LogP) is 9.93. The molecule has 230 valence electrons. The van der Waals surface area contributed by atoms with Crippen molar-refractivity contribution in [3.63, 3.8) is 0 Å². The lowest BCUT2D eigenvalue weighted by Crippen LogP contribution is -2.25. The first-order valence-corrected chi connectivity index (χ1v) is 15.9. The van der Waals surface area contributed by atoms with Gasteiger partial charge in [0, 0.05) is 23.9 Å². The van der Waals surface area contributed by atoms with Gasteiger partial charge >= 0.3 is 0 Å². The van der Waals surface area contributed by atoms with Crippen molar-refractivity contribution in [3.05, 3.63) is 151 Å². The third kappa shape index (κ3) is 5.34. The number of aryl methyl sites for hydroxylation is 1. The van der Waals surface area contributed by atoms with Crippen molar-refractivity contribution < 1.29 is 13.4 Å². The van der Waals surface area contributed by atoms with E-state index in [2.05, 4.69) is 92.4 Å². The summed E-state index contributed by atoms with van der Waals surface area (Å²) in [4.78, 5) is 7.15. The molecule has 0 aliphatic carbocycles. The van der Waals surface area contributed by atoms with Crippen molar-refractivity contribution in [3.8, 4) is 39.4 Å². The van der Waals surface area contributed by atoms with E-state index in [1.54, 1.807) is 6.33 Å². The van der Waals surface area contributed by atoms with E-state index in [0.29, 0.717) is 23.6 Å². The molecule has 3 heterocycles. The molecule has 0 saturated carbocycles. The summed E-state index contributed by atoms with van der Waals surface area (Å²) < 4.78 is 33.9. The Bertz CT molecular complexity index is 2370. The number of hydrogen-bond acceptors (Lipinski definition) is 3. The lowest BCUT2D eigenvalue weighted by Gasteiger charge is -2.33. The summed E-state index contributed by atoms with van der Waals surface area (Å²) in [5, 5.41) is 0. The maximum Gasteiger partial charge on any atom is 0.249 e. The number of rotatable bonds is 5. The Morgan fingerprint density at radius 2 is 1.55 bits per heavy atom. The number of nitrogens with zero attached hydrogens (tertiary/aromatic N) is 4. The molecule has 8 rings (SSSR count). The van der Waals surface area contributed by atoms with Gasteiger partial charge in [-0.25, -0.2) is 9.55 Å². The summed E-state index contributed by atoms with van der Waals surface area (Å²) in [6.45, 7) is 5.01. The topological polar surface area (TPSA) is 34.2 Å². The first-order chi connectivity index (χ1) is 24.0. The first kappa shape index (κ1) is 25.5. The van der Waals surface area contributed by atoms with Crippen LogP contribution in [0.2, 0.25) is 0 Å². The van der Waals surface area contributed by atoms with Crippen LogP contribution in [0.5, 0.6) is 11.5 Å². The van der Waals surface area contributed by atoms with E-state index in [-0.39, 0.29) is 5.41 Å². The molecular weight excluding hydrogens is 576 g/mol. The Balaban J connectivity index is 1.20. The number of imidazole rings is 1. The second-order valence-corrected chi connectivity index (χ2v) is 13.1. The predicted molar refractivity (Wildman–Crippen MR) is 191 cm³/mol. The summed E-state index contributed by atoms with van der Waals surface area (Å²) in [5.41, 5.74) is 10.3. The standard InChI is InChI=1S/C42H37N4O/c1-42(2,3)32-21-22-43-41(24-32)45-27-31-23-30(29-11-6-5-7-12-29)17-19-36(31)37-20-18-35(26-40(37)45)47-34-14-10-13-33(25-34)46-28-44(4)38-15-8-9-16-39(38)46/h5-26,28H,27H2,1-4H3/q+1/i4D3. The van der Waals surface area contributed by atoms with Crippen molar-refractivity contribution in [2.45, 2.75) is 32.7 Å². The van der Waals surface area contributed by atoms with Crippen LogP contribution in [0, 0.1) is 0 Å². The average molecular weight is 617 g/mol. The van der Waals surface area contributed by atoms with Crippen LogP contribution in [0.25, 0.3) is 39.0 Å². The van der Waals surface area contributed by atoms with Crippen LogP contribution < -0.4 is 14.2 Å². The van der Waals surface area contributed by atoms with Gasteiger partial charge in [0.2, 0.25) is 6.33 Å². The maximum atomic E-state index is 8.06. The van der Waals surface area contributed by atoms with Gasteiger partial charge in [-0.2, -0.15) is 4.57 Å². The van der Waals surface area contributed by atoms with Gasteiger partial charge in [-0.3, -0.25) is 0 Å². The van der Waals surface area contributed by atoms with Crippen molar-refractivity contribution >= 4 is 22.5 Å². The van der Waals surface area contributed by atoms with E-state index >= 15 is 0 Å². The number of anilines is 2. The molecule has 0 fully saturated rings. The van der Waals surface area contributed by atoms with Crippen LogP contribution in [0.1, 0.15) is 36.0 Å². The fourth-order valence-electron chi connectivity index (χ4n) is 6.47. The monoisotopic (exact) mass is 616 g/mol. The normalized spacial score (nSPS) is 13.8. The molecule has 1 aliphatic rings. The summed E-state index contributed by atoms with van der Waals surface area (Å²) in [6.07, 6.45) is 3.53. The van der Waals surface area contributed by atoms with Gasteiger partial charge < -0.3 is 9.64 Å². The molecule has 2 aromatic heterocycles. The van der Waals surface area contributed by atoms with Gasteiger partial charge in [-0.1, -0.05) is 81.4 Å². The summed E-state index contributed by atoms with van der Waals surface area (Å²) >= 11 is 0. The highest BCUT2D eigenvalue weighted by Crippen LogP contribution is 2.46. The smallest absolute Gasteiger partial charge is 0.249 e. The van der Waals surface area contributed by atoms with Gasteiger partial charge in [-0.05, 0) is 87.8 Å². The molecule has 0 amide bonds. The quantitative estimate of drug-likeness (QED) is 0.181. The Kier molecular flexibility index (Phi) is 6.12. The minimum Gasteiger partial charge on any atom is -0.457 e. The largest absolute Gasteiger partial charge is 0.457 e. The van der Waals surface area contributed by atoms with Gasteiger partial charge in [0.1, 0.15) is 23.0 Å². The molecule has 0 atom stereocenters. The first-order valence-electron chi connectivity index (χ1n) is 17.4. The van der Waals surface area contributed by atoms with Crippen LogP contribution in [-0.2, 0) is 18.9 Å². The number of benzene rings is 5. The Morgan fingerprint density at radius 1 is 0.745 bits per heavy atom. The highest BCUT2D eigenvalue weighted by atomic mass is 16.5. The number of para-hydroxylation sites is 2. The number of fused-ring (bicyclic) bond motifs is 4. The average Bonchev–Trinajstić information content (AvgIpc) is 3.52. The summed E-state index contributed by atoms with van der Waals surface area (Å²) in [5.74, 6) is 2.22. The third-order valence-electron chi connectivity index (χ3n) is 8.94. The zero-order chi connectivity index (χ0) is 34.6. The van der Waals surface area contributed by atoms with Crippen LogP contribution >= 0.6 is 0 Å². The maximum absolute atomic E-state index is 8.06. The van der Waals surface area contributed by atoms with E-state index in [9.17, 15) is 0 Å². The van der Waals surface area contributed by atoms with E-state index in [1.165, 1.54) is 32.4 Å². The van der Waals surface area contributed by atoms with E-state index in [1.807, 2.05) is 71.4 Å². The minimum absolute atomic E-state index is 0.0293. The molecule has 1 aliphatic heterocycles. The summed E-state index contributed by atoms with van der Waals surface area (Å²) in [6, 6.07) is 43.0. The zero-order valence-electron chi connectivity index (χ0n) is 29.7. The highest BCUT2D eigenvalue weighted by molar-refractivity contribution is 5.89. The van der Waals surface area contributed by atoms with E-state index in [0.717, 1.165) is 28.3 Å². The number of hydrogen-bond donors (Lipinski definition) is 0. The second-order valence-electron chi connectivity index (χ2n) is 13.1. The number of pyridine rings is 1. The molecule has 47 heavy (non-hydrogen) atoms. The van der Waals surface area contributed by atoms with E-state index < -0.39 is 6.98 Å². The van der Waals surface area contributed by atoms with Gasteiger partial charge in [0.05, 0.1) is 23.3 Å². The Labute approximate surface area is 280 Å². The van der Waals surface area contributed by atoms with Gasteiger partial charge in [0.25, 0.3) is 0 Å². The molecule has 5 nitrogen and oxygen atoms in total. The van der Waals surface area contributed by atoms with Crippen molar-refractivity contribution in [1.82, 2.24) is 9.55 Å². The lowest BCUT2D eigenvalue weighted by atomic mass is 9.87. The van der Waals surface area contributed by atoms with Gasteiger partial charge in [0.15, 0.2) is 11.0 Å². The van der Waals surface area contributed by atoms with Crippen LogP contribution in [0.4, 0.5) is 11.5 Å². The molecule has 0 bridgehead atoms. The highest BCUT2D eigenvalue weighted by Gasteiger charge is 2.26. The van der Waals surface area contributed by atoms with E-state index in [4.69, 9.17) is 13.8 Å². The van der Waals surface area contributed by atoms with Crippen LogP contribution in [-0.4, -0.2) is 9.55 Å². The second kappa shape index (κ2) is 11.3. The van der Waals surface area contributed by atoms with Gasteiger partial charge in [-0.15, -0.1) is 0 Å².